The molecular weight excluding hydrogens is 386 g/mol. The molecule has 0 unspecified atom stereocenters. The van der Waals surface area contributed by atoms with Gasteiger partial charge in [-0.15, -0.1) is 0 Å². The molecule has 158 valence electrons. The zero-order valence-electron chi connectivity index (χ0n) is 16.9. The van der Waals surface area contributed by atoms with Gasteiger partial charge < -0.3 is 24.2 Å². The maximum absolute atomic E-state index is 12.2. The maximum atomic E-state index is 12.2. The minimum Gasteiger partial charge on any atom is -0.489 e. The van der Waals surface area contributed by atoms with Crippen LogP contribution < -0.4 is 14.4 Å². The van der Waals surface area contributed by atoms with Gasteiger partial charge in [-0.3, -0.25) is 4.90 Å². The minimum absolute atomic E-state index is 0.215. The van der Waals surface area contributed by atoms with Gasteiger partial charge in [-0.25, -0.2) is 9.78 Å². The number of amides is 1. The second-order valence-electron chi connectivity index (χ2n) is 8.04. The first-order valence-corrected chi connectivity index (χ1v) is 10.3. The molecule has 2 atom stereocenters. The van der Waals surface area contributed by atoms with Crippen molar-refractivity contribution in [1.82, 2.24) is 9.88 Å². The van der Waals surface area contributed by atoms with E-state index in [4.69, 9.17) is 14.2 Å². The Balaban J connectivity index is 1.32. The predicted octanol–water partition coefficient (Wildman–Crippen LogP) is 2.30. The summed E-state index contributed by atoms with van der Waals surface area (Å²) < 4.78 is 17.1. The average molecular weight is 411 g/mol. The highest BCUT2D eigenvalue weighted by molar-refractivity contribution is 5.94. The fraction of sp³-hybridized carbons (Fsp3) is 0.455. The molecule has 0 saturated carbocycles. The van der Waals surface area contributed by atoms with Crippen LogP contribution in [0.1, 0.15) is 12.8 Å². The minimum atomic E-state index is -0.563. The summed E-state index contributed by atoms with van der Waals surface area (Å²) in [5.74, 6) is 1.26. The summed E-state index contributed by atoms with van der Waals surface area (Å²) in [4.78, 5) is 20.6. The van der Waals surface area contributed by atoms with Crippen LogP contribution in [0.15, 0.2) is 36.5 Å². The number of hydrogen-bond acceptors (Lipinski definition) is 7. The molecule has 3 aliphatic heterocycles. The molecule has 0 radical (unpaired) electrons. The number of nitrogens with zero attached hydrogens (tertiary/aromatic N) is 3. The van der Waals surface area contributed by atoms with Crippen LogP contribution in [0.5, 0.6) is 11.6 Å². The molecule has 0 spiro atoms. The number of piperidine rings is 1. The zero-order valence-corrected chi connectivity index (χ0v) is 16.9. The molecule has 0 aliphatic carbocycles. The number of fused-ring (bicyclic) bond motifs is 3. The maximum Gasteiger partial charge on any atom is 0.415 e. The van der Waals surface area contributed by atoms with Crippen LogP contribution in [-0.4, -0.2) is 72.7 Å². The van der Waals surface area contributed by atoms with Crippen molar-refractivity contribution in [3.8, 4) is 22.8 Å². The number of anilines is 1. The van der Waals surface area contributed by atoms with Crippen LogP contribution in [0.3, 0.4) is 0 Å². The highest BCUT2D eigenvalue weighted by Crippen LogP contribution is 2.41. The highest BCUT2D eigenvalue weighted by atomic mass is 16.6. The van der Waals surface area contributed by atoms with E-state index in [2.05, 4.69) is 16.9 Å². The van der Waals surface area contributed by atoms with Crippen molar-refractivity contribution in [3.63, 3.8) is 0 Å². The third-order valence-electron chi connectivity index (χ3n) is 6.04. The molecule has 0 bridgehead atoms. The number of ether oxygens (including phenoxy) is 3. The number of likely N-dealkylation sites (tertiary alicyclic amines) is 1. The van der Waals surface area contributed by atoms with Crippen molar-refractivity contribution >= 4 is 11.8 Å². The monoisotopic (exact) mass is 411 g/mol. The Labute approximate surface area is 175 Å². The number of pyridine rings is 1. The van der Waals surface area contributed by atoms with Crippen molar-refractivity contribution in [3.05, 3.63) is 36.5 Å². The molecule has 8 nitrogen and oxygen atoms in total. The molecule has 2 fully saturated rings. The Morgan fingerprint density at radius 3 is 2.73 bits per heavy atom. The summed E-state index contributed by atoms with van der Waals surface area (Å²) in [7, 11) is 2.13. The summed E-state index contributed by atoms with van der Waals surface area (Å²) in [6.45, 7) is 2.15. The van der Waals surface area contributed by atoms with Gasteiger partial charge in [-0.1, -0.05) is 6.07 Å². The standard InChI is InChI=1S/C22H25N3O5/c1-24-8-6-16(7-9-24)29-21-5-3-15(11-23-21)14-2-4-17-19(10-14)28-13-18-20(12-26)30-22(27)25(17)18/h2-5,10-11,16,18,20,26H,6-9,12-13H2,1H3/t18-,20-/m0/s1. The summed E-state index contributed by atoms with van der Waals surface area (Å²) in [6.07, 6.45) is 3.02. The molecule has 1 aromatic carbocycles. The lowest BCUT2D eigenvalue weighted by Crippen LogP contribution is -2.45. The molecule has 1 N–H and O–H groups in total. The fourth-order valence-electron chi connectivity index (χ4n) is 4.26. The van der Waals surface area contributed by atoms with Gasteiger partial charge in [0.1, 0.15) is 24.5 Å². The number of hydrogen-bond donors (Lipinski definition) is 1. The van der Waals surface area contributed by atoms with Crippen LogP contribution in [0.2, 0.25) is 0 Å². The third-order valence-corrected chi connectivity index (χ3v) is 6.04. The zero-order chi connectivity index (χ0) is 20.7. The lowest BCUT2D eigenvalue weighted by atomic mass is 10.0. The Morgan fingerprint density at radius 1 is 1.20 bits per heavy atom. The number of aliphatic hydroxyl groups excluding tert-OH is 1. The van der Waals surface area contributed by atoms with Gasteiger partial charge >= 0.3 is 6.09 Å². The van der Waals surface area contributed by atoms with Crippen LogP contribution in [0.25, 0.3) is 11.1 Å². The Bertz CT molecular complexity index is 927. The van der Waals surface area contributed by atoms with Crippen molar-refractivity contribution in [2.45, 2.75) is 31.1 Å². The van der Waals surface area contributed by atoms with Crippen LogP contribution in [-0.2, 0) is 4.74 Å². The second kappa shape index (κ2) is 7.77. The largest absolute Gasteiger partial charge is 0.489 e. The molecule has 8 heteroatoms. The number of benzene rings is 1. The number of aromatic nitrogens is 1. The summed E-state index contributed by atoms with van der Waals surface area (Å²) in [5.41, 5.74) is 2.54. The summed E-state index contributed by atoms with van der Waals surface area (Å²) >= 11 is 0. The van der Waals surface area contributed by atoms with Crippen molar-refractivity contribution in [2.75, 3.05) is 38.3 Å². The first-order chi connectivity index (χ1) is 14.6. The van der Waals surface area contributed by atoms with E-state index in [1.54, 1.807) is 11.1 Å². The summed E-state index contributed by atoms with van der Waals surface area (Å²) in [5, 5.41) is 9.42. The molecule has 5 rings (SSSR count). The molecule has 2 saturated heterocycles. The predicted molar refractivity (Wildman–Crippen MR) is 110 cm³/mol. The molecule has 1 aromatic heterocycles. The van der Waals surface area contributed by atoms with Gasteiger partial charge in [-0.05, 0) is 43.7 Å². The topological polar surface area (TPSA) is 84.4 Å². The smallest absolute Gasteiger partial charge is 0.415 e. The normalized spacial score (nSPS) is 24.1. The quantitative estimate of drug-likeness (QED) is 0.826. The van der Waals surface area contributed by atoms with Crippen LogP contribution in [0, 0.1) is 0 Å². The van der Waals surface area contributed by atoms with E-state index < -0.39 is 12.2 Å². The van der Waals surface area contributed by atoms with Crippen LogP contribution in [0.4, 0.5) is 10.5 Å². The van der Waals surface area contributed by atoms with Crippen LogP contribution >= 0.6 is 0 Å². The van der Waals surface area contributed by atoms with Crippen molar-refractivity contribution < 1.29 is 24.1 Å². The lowest BCUT2D eigenvalue weighted by Gasteiger charge is -2.31. The highest BCUT2D eigenvalue weighted by Gasteiger charge is 2.46. The molecule has 4 heterocycles. The molecule has 1 amide bonds. The van der Waals surface area contributed by atoms with Gasteiger partial charge in [-0.2, -0.15) is 0 Å². The fourth-order valence-corrected chi connectivity index (χ4v) is 4.26. The Morgan fingerprint density at radius 2 is 2.00 bits per heavy atom. The molecule has 2 aromatic rings. The van der Waals surface area contributed by atoms with Gasteiger partial charge in [0.05, 0.1) is 12.3 Å². The Hall–Kier alpha value is -2.84. The Kier molecular flexibility index (Phi) is 4.96. The summed E-state index contributed by atoms with van der Waals surface area (Å²) in [6, 6.07) is 9.25. The lowest BCUT2D eigenvalue weighted by molar-refractivity contribution is 0.0734. The van der Waals surface area contributed by atoms with E-state index in [0.717, 1.165) is 37.1 Å². The SMILES string of the molecule is CN1CCC(Oc2ccc(-c3ccc4c(c3)OC[C@H]3[C@H](CO)OC(=O)N43)cn2)CC1. The molecule has 3 aliphatic rings. The molecule has 30 heavy (non-hydrogen) atoms. The van der Waals surface area contributed by atoms with E-state index in [1.165, 1.54) is 0 Å². The number of carbonyl (C=O) groups is 1. The molecular formula is C22H25N3O5. The second-order valence-corrected chi connectivity index (χ2v) is 8.04. The van der Waals surface area contributed by atoms with Crippen molar-refractivity contribution in [2.24, 2.45) is 0 Å². The van der Waals surface area contributed by atoms with E-state index >= 15 is 0 Å². The number of rotatable bonds is 4. The van der Waals surface area contributed by atoms with E-state index in [9.17, 15) is 9.90 Å². The number of cyclic esters (lactones) is 1. The first-order valence-electron chi connectivity index (χ1n) is 10.3. The van der Waals surface area contributed by atoms with Gasteiger partial charge in [0.2, 0.25) is 5.88 Å². The third kappa shape index (κ3) is 3.46. The average Bonchev–Trinajstić information content (AvgIpc) is 3.11. The van der Waals surface area contributed by atoms with Gasteiger partial charge in [0.25, 0.3) is 0 Å². The van der Waals surface area contributed by atoms with Crippen molar-refractivity contribution in [1.29, 1.82) is 0 Å². The van der Waals surface area contributed by atoms with E-state index in [0.29, 0.717) is 17.3 Å². The number of aliphatic hydroxyl groups is 1. The van der Waals surface area contributed by atoms with Gasteiger partial charge in [0.15, 0.2) is 6.10 Å². The first kappa shape index (κ1) is 19.1. The van der Waals surface area contributed by atoms with Gasteiger partial charge in [0, 0.05) is 30.9 Å². The van der Waals surface area contributed by atoms with E-state index in [-0.39, 0.29) is 25.4 Å². The van der Waals surface area contributed by atoms with E-state index in [1.807, 2.05) is 30.3 Å². The number of carbonyl (C=O) groups excluding carboxylic acids is 1.